The summed E-state index contributed by atoms with van der Waals surface area (Å²) in [7, 11) is 0. The minimum Gasteiger partial charge on any atom is -0.393 e. The summed E-state index contributed by atoms with van der Waals surface area (Å²) in [5.41, 5.74) is 4.71. The summed E-state index contributed by atoms with van der Waals surface area (Å²) in [5.74, 6) is -0.474. The van der Waals surface area contributed by atoms with Crippen molar-refractivity contribution < 1.29 is 14.7 Å². The van der Waals surface area contributed by atoms with E-state index in [1.54, 1.807) is 6.92 Å². The number of urea groups is 1. The van der Waals surface area contributed by atoms with Gasteiger partial charge in [0.05, 0.1) is 12.6 Å². The van der Waals surface area contributed by atoms with Crippen molar-refractivity contribution in [1.82, 2.24) is 10.6 Å². The van der Waals surface area contributed by atoms with Gasteiger partial charge in [0.2, 0.25) is 5.91 Å². The molecule has 0 aromatic carbocycles. The summed E-state index contributed by atoms with van der Waals surface area (Å²) in [6.07, 6.45) is 0.163. The van der Waals surface area contributed by atoms with Crippen molar-refractivity contribution in [3.63, 3.8) is 0 Å². The molecule has 0 fully saturated rings. The Morgan fingerprint density at radius 2 is 2.15 bits per heavy atom. The van der Waals surface area contributed by atoms with Gasteiger partial charge < -0.3 is 16.2 Å². The second kappa shape index (κ2) is 6.38. The summed E-state index contributed by atoms with van der Waals surface area (Å²) in [4.78, 5) is 20.9. The van der Waals surface area contributed by atoms with Gasteiger partial charge >= 0.3 is 6.03 Å². The highest BCUT2D eigenvalue weighted by Crippen LogP contribution is 1.84. The third-order valence-corrected chi connectivity index (χ3v) is 1.29. The molecule has 6 nitrogen and oxygen atoms in total. The van der Waals surface area contributed by atoms with E-state index >= 15 is 0 Å². The van der Waals surface area contributed by atoms with Crippen LogP contribution in [0.15, 0.2) is 0 Å². The Bertz CT molecular complexity index is 182. The van der Waals surface area contributed by atoms with E-state index in [4.69, 9.17) is 10.8 Å². The molecule has 0 aliphatic carbocycles. The molecule has 0 rings (SSSR count). The van der Waals surface area contributed by atoms with Crippen molar-refractivity contribution in [1.29, 1.82) is 0 Å². The maximum absolute atomic E-state index is 10.8. The standard InChI is InChI=1S/C7H15N3O3/c1-5(11)2-3-9-4-6(12)10-7(8)13/h5,9,11H,2-4H2,1H3,(H3,8,10,12,13). The number of carbonyl (C=O) groups excluding carboxylic acids is 2. The lowest BCUT2D eigenvalue weighted by molar-refractivity contribution is -0.119. The average molecular weight is 189 g/mol. The van der Waals surface area contributed by atoms with Gasteiger partial charge in [-0.15, -0.1) is 0 Å². The molecular formula is C7H15N3O3. The van der Waals surface area contributed by atoms with Gasteiger partial charge in [-0.05, 0) is 19.9 Å². The van der Waals surface area contributed by atoms with E-state index in [1.807, 2.05) is 5.32 Å². The molecule has 0 aromatic heterocycles. The summed E-state index contributed by atoms with van der Waals surface area (Å²) < 4.78 is 0. The van der Waals surface area contributed by atoms with Gasteiger partial charge in [0.1, 0.15) is 0 Å². The number of aliphatic hydroxyl groups excluding tert-OH is 1. The minimum absolute atomic E-state index is 0.0235. The van der Waals surface area contributed by atoms with Crippen LogP contribution in [-0.4, -0.2) is 36.2 Å². The van der Waals surface area contributed by atoms with Crippen LogP contribution in [0.3, 0.4) is 0 Å². The highest BCUT2D eigenvalue weighted by molar-refractivity contribution is 5.94. The van der Waals surface area contributed by atoms with Crippen LogP contribution in [0.4, 0.5) is 4.79 Å². The zero-order chi connectivity index (χ0) is 10.3. The van der Waals surface area contributed by atoms with Crippen molar-refractivity contribution in [2.45, 2.75) is 19.4 Å². The van der Waals surface area contributed by atoms with Crippen molar-refractivity contribution in [3.05, 3.63) is 0 Å². The smallest absolute Gasteiger partial charge is 0.318 e. The molecule has 0 aliphatic heterocycles. The van der Waals surface area contributed by atoms with Crippen LogP contribution in [0.2, 0.25) is 0 Å². The molecule has 0 aliphatic rings. The topological polar surface area (TPSA) is 104 Å². The molecule has 0 saturated carbocycles. The molecule has 1 unspecified atom stereocenters. The number of aliphatic hydroxyl groups is 1. The minimum atomic E-state index is -0.859. The van der Waals surface area contributed by atoms with Crippen LogP contribution in [0, 0.1) is 0 Å². The summed E-state index contributed by atoms with van der Waals surface area (Å²) >= 11 is 0. The fraction of sp³-hybridized carbons (Fsp3) is 0.714. The SMILES string of the molecule is CC(O)CCNCC(=O)NC(N)=O. The molecule has 0 aromatic rings. The number of rotatable bonds is 5. The molecule has 0 saturated heterocycles. The molecule has 0 bridgehead atoms. The molecule has 0 heterocycles. The molecule has 6 heteroatoms. The Kier molecular flexibility index (Phi) is 5.82. The Hall–Kier alpha value is -1.14. The third kappa shape index (κ3) is 8.77. The first kappa shape index (κ1) is 11.9. The Labute approximate surface area is 76.5 Å². The first-order chi connectivity index (χ1) is 6.02. The number of hydrogen-bond donors (Lipinski definition) is 4. The van der Waals surface area contributed by atoms with Crippen molar-refractivity contribution in [3.8, 4) is 0 Å². The van der Waals surface area contributed by atoms with Crippen LogP contribution in [-0.2, 0) is 4.79 Å². The molecule has 5 N–H and O–H groups in total. The predicted octanol–water partition coefficient (Wildman–Crippen LogP) is -1.46. The maximum Gasteiger partial charge on any atom is 0.318 e. The van der Waals surface area contributed by atoms with Crippen LogP contribution < -0.4 is 16.4 Å². The molecule has 0 spiro atoms. The number of imide groups is 1. The molecular weight excluding hydrogens is 174 g/mol. The van der Waals surface area contributed by atoms with Gasteiger partial charge in [-0.3, -0.25) is 10.1 Å². The monoisotopic (exact) mass is 189 g/mol. The quantitative estimate of drug-likeness (QED) is 0.397. The van der Waals surface area contributed by atoms with Gasteiger partial charge in [-0.1, -0.05) is 0 Å². The molecule has 1 atom stereocenters. The first-order valence-corrected chi connectivity index (χ1v) is 4.00. The normalized spacial score (nSPS) is 12.2. The number of amides is 3. The van der Waals surface area contributed by atoms with E-state index in [2.05, 4.69) is 5.32 Å². The summed E-state index contributed by atoms with van der Waals surface area (Å²) in [6, 6.07) is -0.859. The number of carbonyl (C=O) groups is 2. The lowest BCUT2D eigenvalue weighted by atomic mass is 10.3. The van der Waals surface area contributed by atoms with Crippen LogP contribution >= 0.6 is 0 Å². The Morgan fingerprint density at radius 1 is 1.54 bits per heavy atom. The number of hydrogen-bond acceptors (Lipinski definition) is 4. The van der Waals surface area contributed by atoms with Crippen molar-refractivity contribution in [2.75, 3.05) is 13.1 Å². The third-order valence-electron chi connectivity index (χ3n) is 1.29. The second-order valence-corrected chi connectivity index (χ2v) is 2.73. The van der Waals surface area contributed by atoms with E-state index in [1.165, 1.54) is 0 Å². The fourth-order valence-corrected chi connectivity index (χ4v) is 0.694. The molecule has 0 radical (unpaired) electrons. The van der Waals surface area contributed by atoms with Crippen LogP contribution in [0.1, 0.15) is 13.3 Å². The second-order valence-electron chi connectivity index (χ2n) is 2.73. The van der Waals surface area contributed by atoms with E-state index < -0.39 is 18.0 Å². The lowest BCUT2D eigenvalue weighted by Gasteiger charge is -2.05. The van der Waals surface area contributed by atoms with E-state index in [0.29, 0.717) is 13.0 Å². The number of primary amides is 1. The zero-order valence-electron chi connectivity index (χ0n) is 7.54. The summed E-state index contributed by atoms with van der Waals surface area (Å²) in [5, 5.41) is 13.5. The Balaban J connectivity index is 3.32. The zero-order valence-corrected chi connectivity index (χ0v) is 7.54. The van der Waals surface area contributed by atoms with Gasteiger partial charge in [-0.2, -0.15) is 0 Å². The van der Waals surface area contributed by atoms with Gasteiger partial charge in [0.15, 0.2) is 0 Å². The van der Waals surface area contributed by atoms with Gasteiger partial charge in [0, 0.05) is 0 Å². The fourth-order valence-electron chi connectivity index (χ4n) is 0.694. The number of nitrogens with one attached hydrogen (secondary N) is 2. The van der Waals surface area contributed by atoms with Gasteiger partial charge in [-0.25, -0.2) is 4.79 Å². The molecule has 3 amide bonds. The van der Waals surface area contributed by atoms with Crippen molar-refractivity contribution in [2.24, 2.45) is 5.73 Å². The maximum atomic E-state index is 10.8. The van der Waals surface area contributed by atoms with Crippen LogP contribution in [0.5, 0.6) is 0 Å². The Morgan fingerprint density at radius 3 is 2.62 bits per heavy atom. The summed E-state index contributed by atoms with van der Waals surface area (Å²) in [6.45, 7) is 2.20. The van der Waals surface area contributed by atoms with Gasteiger partial charge in [0.25, 0.3) is 0 Å². The average Bonchev–Trinajstić information content (AvgIpc) is 1.96. The largest absolute Gasteiger partial charge is 0.393 e. The molecule has 76 valence electrons. The van der Waals surface area contributed by atoms with E-state index in [0.717, 1.165) is 0 Å². The van der Waals surface area contributed by atoms with Crippen molar-refractivity contribution >= 4 is 11.9 Å². The molecule has 13 heavy (non-hydrogen) atoms. The van der Waals surface area contributed by atoms with E-state index in [-0.39, 0.29) is 6.54 Å². The lowest BCUT2D eigenvalue weighted by Crippen LogP contribution is -2.41. The highest BCUT2D eigenvalue weighted by atomic mass is 16.3. The van der Waals surface area contributed by atoms with Crippen LogP contribution in [0.25, 0.3) is 0 Å². The first-order valence-electron chi connectivity index (χ1n) is 4.00. The number of nitrogens with two attached hydrogens (primary N) is 1. The predicted molar refractivity (Wildman–Crippen MR) is 46.9 cm³/mol. The van der Waals surface area contributed by atoms with E-state index in [9.17, 15) is 9.59 Å². The highest BCUT2D eigenvalue weighted by Gasteiger charge is 2.02.